The van der Waals surface area contributed by atoms with E-state index in [0.29, 0.717) is 0 Å². The maximum atomic E-state index is 13.3. The summed E-state index contributed by atoms with van der Waals surface area (Å²) in [6.45, 7) is -6.27. The summed E-state index contributed by atoms with van der Waals surface area (Å²) in [5.41, 5.74) is 0. The Bertz CT molecular complexity index is 3210. The molecule has 46 atom stereocenters. The van der Waals surface area contributed by atoms with E-state index in [4.69, 9.17) is 80.5 Å². The first-order valence-corrected chi connectivity index (χ1v) is 37.3. The minimum absolute atomic E-state index is 0.832. The molecule has 0 saturated carbocycles. The van der Waals surface area contributed by atoms with Crippen LogP contribution in [0.15, 0.2) is 0 Å². The standard InChI is InChI=1S/C65H108N4O49/c1-15-33(83)42(92)45(95)59(104-15)103-14-27-51(39(89)30(56(99)105-27)66-16(2)77)112-57-31(67-17(3)78)40(90)49(24(10-74)109-57)113-61-47(97)53(38(88)26(111-61)13-102-60-46(96)43(93)35(85)21(7-71)106-60)115-63-55(44(94)36(86)22(8-72)108-63)116-58-32(68-18(4)79)41(91)50(25(11-75)110-58)114-62-48(98)54(37(87)23(9-73)107-62)118-65(64(100)101)5-19(80)29(69-28(82)12-76)52(117-65)34(84)20(81)6-70/h15,19-27,29-63,70-76,80-81,83-99H,5-14H2,1-4H3,(H,66,77)(H,67,78)(H,68,79)(H,69,82)(H,100,101)/t15-,19+,20-,21-,22-,23-,24-,25-,26-,27-,29-,30-,31-,32-,33+,34-,35-,36-,37+,38-,39-,40-,41-,42+,43+,44+,45-,46+,47+,48-,49-,50-,51-,52-,53+,54+,55+,56-,57-,58+,59-,60+,61+,62+,63-,65+/m1/s1. The minimum atomic E-state index is -3.36. The van der Waals surface area contributed by atoms with Gasteiger partial charge < -0.3 is 240 Å². The topological polar surface area (TPSA) is 837 Å². The molecule has 0 unspecified atom stereocenters. The van der Waals surface area contributed by atoms with Crippen molar-refractivity contribution in [2.45, 2.75) is 316 Å². The van der Waals surface area contributed by atoms with E-state index in [1.54, 1.807) is 0 Å². The van der Waals surface area contributed by atoms with E-state index in [2.05, 4.69) is 21.3 Å². The van der Waals surface area contributed by atoms with Gasteiger partial charge in [-0.05, 0) is 6.92 Å². The van der Waals surface area contributed by atoms with Crippen LogP contribution in [0.2, 0.25) is 0 Å². The first kappa shape index (κ1) is 97.4. The van der Waals surface area contributed by atoms with Gasteiger partial charge in [0.05, 0.1) is 71.1 Å². The number of aliphatic carboxylic acids is 1. The molecule has 0 aromatic rings. The molecule has 9 fully saturated rings. The number of nitrogens with one attached hydrogen (secondary N) is 4. The number of carboxylic acids is 1. The van der Waals surface area contributed by atoms with Gasteiger partial charge in [0, 0.05) is 27.2 Å². The molecule has 0 spiro atoms. The van der Waals surface area contributed by atoms with Crippen LogP contribution in [0, 0.1) is 0 Å². The number of aliphatic hydroxyl groups is 26. The number of carboxylic acid groups (broad SMARTS) is 1. The number of aliphatic hydroxyl groups excluding tert-OH is 26. The van der Waals surface area contributed by atoms with Gasteiger partial charge in [-0.15, -0.1) is 0 Å². The zero-order valence-electron chi connectivity index (χ0n) is 63.1. The average Bonchev–Trinajstić information content (AvgIpc) is 0.751. The van der Waals surface area contributed by atoms with Crippen LogP contribution in [-0.2, 0) is 104 Å². The second-order valence-electron chi connectivity index (χ2n) is 29.6. The summed E-state index contributed by atoms with van der Waals surface area (Å²) in [6, 6.07) is -7.72. The molecular weight excluding hydrogens is 1620 g/mol. The molecular formula is C65H108N4O49. The third kappa shape index (κ3) is 21.4. The molecule has 0 bridgehead atoms. The van der Waals surface area contributed by atoms with Crippen LogP contribution in [-0.4, -0.2) is 509 Å². The van der Waals surface area contributed by atoms with E-state index in [1.165, 1.54) is 6.92 Å². The van der Waals surface area contributed by atoms with Crippen LogP contribution in [0.1, 0.15) is 34.1 Å². The van der Waals surface area contributed by atoms with Crippen molar-refractivity contribution in [3.63, 3.8) is 0 Å². The van der Waals surface area contributed by atoms with E-state index in [0.717, 1.165) is 20.8 Å². The summed E-state index contributed by atoms with van der Waals surface area (Å²) in [5, 5.41) is 308. The number of rotatable bonds is 32. The Labute approximate surface area is 666 Å². The molecule has 0 aromatic carbocycles. The lowest BCUT2D eigenvalue weighted by Gasteiger charge is -2.51. The highest BCUT2D eigenvalue weighted by atomic mass is 16.8. The molecule has 0 aliphatic carbocycles. The SMILES string of the molecule is CC(=O)N[C@@H]1[C@@H](O)[C@H](O[C@H]2O[C@H](CO)[C@@H](O[C@@H]3O[C@H](CO[C@H]4O[C@H](CO)[C@@H](O)[C@H](O)[C@@H]4O)[C@@H](O)[C@H](O[C@H]4O[C@H](CO)[C@@H](O)[C@H](O)[C@@H]4O[C@@H]4O[C@H](CO)[C@@H](O[C@@H]5O[C@H](CO)[C@H](O)[C@H](O[C@]6(C(=O)O)C[C@H](O)[C@@H](NC(=O)CO)[C@H]([C@H](O)[C@H](O)CO)O6)[C@H]5O)[C@H](O)[C@H]4NC(C)=O)[C@@H]3O)[C@H](O)[C@H]2NC(C)=O)[C@@H](CO[C@@H]2O[C@H](C)[C@H](O)[C@H](O)[C@H]2O)O[C@H]1O. The molecule has 9 rings (SSSR count). The average molecular weight is 1730 g/mol. The van der Waals surface area contributed by atoms with Gasteiger partial charge in [-0.3, -0.25) is 19.2 Å². The summed E-state index contributed by atoms with van der Waals surface area (Å²) in [6.07, 6.45) is -88.8. The predicted octanol–water partition coefficient (Wildman–Crippen LogP) is -20.8. The number of hydrogen-bond acceptors (Lipinski definition) is 48. The lowest BCUT2D eigenvalue weighted by Crippen LogP contribution is -2.71. The first-order chi connectivity index (χ1) is 55.6. The summed E-state index contributed by atoms with van der Waals surface area (Å²) >= 11 is 0. The summed E-state index contributed by atoms with van der Waals surface area (Å²) in [4.78, 5) is 64.2. The Kier molecular flexibility index (Phi) is 34.7. The van der Waals surface area contributed by atoms with Crippen molar-refractivity contribution in [3.05, 3.63) is 0 Å². The lowest BCUT2D eigenvalue weighted by molar-refractivity contribution is -0.400. The van der Waals surface area contributed by atoms with Gasteiger partial charge >= 0.3 is 5.97 Å². The Morgan fingerprint density at radius 1 is 0.381 bits per heavy atom. The van der Waals surface area contributed by atoms with E-state index in [1.807, 2.05) is 0 Å². The van der Waals surface area contributed by atoms with E-state index < -0.39 is 377 Å². The number of hydrogen-bond donors (Lipinski definition) is 31. The van der Waals surface area contributed by atoms with Crippen molar-refractivity contribution in [3.8, 4) is 0 Å². The van der Waals surface area contributed by atoms with Gasteiger partial charge in [-0.25, -0.2) is 4.79 Å². The molecule has 118 heavy (non-hydrogen) atoms. The van der Waals surface area contributed by atoms with Gasteiger partial charge in [0.25, 0.3) is 5.79 Å². The highest BCUT2D eigenvalue weighted by Gasteiger charge is 2.63. The minimum Gasteiger partial charge on any atom is -0.477 e. The molecule has 0 radical (unpaired) electrons. The Hall–Kier alpha value is -4.37. The normalized spacial score (nSPS) is 47.6. The highest BCUT2D eigenvalue weighted by Crippen LogP contribution is 2.42. The second-order valence-corrected chi connectivity index (χ2v) is 29.6. The van der Waals surface area contributed by atoms with Gasteiger partial charge in [0.2, 0.25) is 23.6 Å². The van der Waals surface area contributed by atoms with Crippen LogP contribution >= 0.6 is 0 Å². The maximum absolute atomic E-state index is 13.3. The van der Waals surface area contributed by atoms with Gasteiger partial charge in [-0.2, -0.15) is 0 Å². The maximum Gasteiger partial charge on any atom is 0.364 e. The van der Waals surface area contributed by atoms with Crippen molar-refractivity contribution in [2.24, 2.45) is 0 Å². The van der Waals surface area contributed by atoms with Crippen molar-refractivity contribution in [1.29, 1.82) is 0 Å². The zero-order chi connectivity index (χ0) is 87.3. The summed E-state index contributed by atoms with van der Waals surface area (Å²) in [5.74, 6) is -9.64. The summed E-state index contributed by atoms with van der Waals surface area (Å²) in [7, 11) is 0. The molecule has 9 aliphatic rings. The van der Waals surface area contributed by atoms with Crippen LogP contribution in [0.5, 0.6) is 0 Å². The van der Waals surface area contributed by atoms with Crippen molar-refractivity contribution >= 4 is 29.6 Å². The van der Waals surface area contributed by atoms with Gasteiger partial charge in [0.1, 0.15) is 214 Å². The number of carbonyl (C=O) groups is 5. The van der Waals surface area contributed by atoms with Crippen molar-refractivity contribution in [1.82, 2.24) is 21.3 Å². The molecule has 682 valence electrons. The van der Waals surface area contributed by atoms with E-state index >= 15 is 0 Å². The molecule has 9 heterocycles. The third-order valence-corrected chi connectivity index (χ3v) is 21.4. The molecule has 53 nitrogen and oxygen atoms in total. The molecule has 4 amide bonds. The quantitative estimate of drug-likeness (QED) is 0.0297. The molecule has 0 aromatic heterocycles. The van der Waals surface area contributed by atoms with Crippen LogP contribution in [0.25, 0.3) is 0 Å². The number of ether oxygens (including phenoxy) is 17. The number of amides is 4. The highest BCUT2D eigenvalue weighted by molar-refractivity contribution is 5.78. The van der Waals surface area contributed by atoms with Gasteiger partial charge in [0.15, 0.2) is 50.3 Å². The monoisotopic (exact) mass is 1730 g/mol. The fraction of sp³-hybridized carbons (Fsp3) is 0.923. The van der Waals surface area contributed by atoms with Gasteiger partial charge in [-0.1, -0.05) is 0 Å². The fourth-order valence-electron chi connectivity index (χ4n) is 15.0. The largest absolute Gasteiger partial charge is 0.477 e. The predicted molar refractivity (Wildman–Crippen MR) is 361 cm³/mol. The first-order valence-electron chi connectivity index (χ1n) is 37.3. The van der Waals surface area contributed by atoms with Crippen LogP contribution in [0.3, 0.4) is 0 Å². The molecule has 31 N–H and O–H groups in total. The molecule has 9 aliphatic heterocycles. The van der Waals surface area contributed by atoms with Crippen LogP contribution in [0.4, 0.5) is 0 Å². The molecule has 9 saturated heterocycles. The van der Waals surface area contributed by atoms with E-state index in [-0.39, 0.29) is 0 Å². The third-order valence-electron chi connectivity index (χ3n) is 21.4. The Balaban J connectivity index is 1.00. The fourth-order valence-corrected chi connectivity index (χ4v) is 15.0. The Morgan fingerprint density at radius 2 is 0.780 bits per heavy atom. The summed E-state index contributed by atoms with van der Waals surface area (Å²) < 4.78 is 99.8. The Morgan fingerprint density at radius 3 is 1.28 bits per heavy atom. The number of carbonyl (C=O) groups excluding carboxylic acids is 4. The van der Waals surface area contributed by atoms with Crippen molar-refractivity contribution in [2.75, 3.05) is 59.5 Å². The zero-order valence-corrected chi connectivity index (χ0v) is 63.1. The van der Waals surface area contributed by atoms with Crippen molar-refractivity contribution < 1.29 is 242 Å². The molecule has 53 heteroatoms. The lowest BCUT2D eigenvalue weighted by atomic mass is 9.88. The van der Waals surface area contributed by atoms with Crippen LogP contribution < -0.4 is 21.3 Å². The van der Waals surface area contributed by atoms with E-state index in [9.17, 15) is 162 Å². The second kappa shape index (κ2) is 42.1. The smallest absolute Gasteiger partial charge is 0.364 e.